The topological polar surface area (TPSA) is 49.9 Å². The van der Waals surface area contributed by atoms with Crippen molar-refractivity contribution in [2.75, 3.05) is 26.3 Å². The maximum absolute atomic E-state index is 12.9. The fourth-order valence-corrected chi connectivity index (χ4v) is 4.19. The number of ether oxygens (including phenoxy) is 1. The molecule has 1 aromatic carbocycles. The second-order valence-electron chi connectivity index (χ2n) is 7.07. The Kier molecular flexibility index (Phi) is 4.27. The lowest BCUT2D eigenvalue weighted by molar-refractivity contribution is -0.136. The van der Waals surface area contributed by atoms with E-state index in [1.165, 1.54) is 11.1 Å². The van der Waals surface area contributed by atoms with E-state index in [0.717, 1.165) is 39.0 Å². The highest BCUT2D eigenvalue weighted by Gasteiger charge is 2.40. The van der Waals surface area contributed by atoms with E-state index >= 15 is 0 Å². The van der Waals surface area contributed by atoms with Gasteiger partial charge in [0.25, 0.3) is 0 Å². The Bertz CT molecular complexity index is 639. The van der Waals surface area contributed by atoms with Crippen molar-refractivity contribution in [2.45, 2.75) is 38.3 Å². The predicted octanol–water partition coefficient (Wildman–Crippen LogP) is 1.60. The van der Waals surface area contributed by atoms with Gasteiger partial charge in [-0.1, -0.05) is 24.3 Å². The number of amides is 2. The molecule has 3 aliphatic heterocycles. The van der Waals surface area contributed by atoms with E-state index in [0.29, 0.717) is 19.5 Å². The molecule has 4 rings (SSSR count). The number of benzene rings is 1. The quantitative estimate of drug-likeness (QED) is 0.828. The zero-order valence-electron chi connectivity index (χ0n) is 13.9. The second-order valence-corrected chi connectivity index (χ2v) is 7.07. The Morgan fingerprint density at radius 1 is 1.12 bits per heavy atom. The van der Waals surface area contributed by atoms with Crippen molar-refractivity contribution < 1.29 is 14.3 Å². The molecule has 3 heterocycles. The van der Waals surface area contributed by atoms with Gasteiger partial charge in [-0.15, -0.1) is 0 Å². The maximum Gasteiger partial charge on any atom is 0.228 e. The zero-order chi connectivity index (χ0) is 16.5. The second kappa shape index (κ2) is 6.55. The Labute approximate surface area is 142 Å². The van der Waals surface area contributed by atoms with E-state index in [4.69, 9.17) is 4.74 Å². The van der Waals surface area contributed by atoms with Crippen LogP contribution in [0.1, 0.15) is 30.4 Å². The first-order valence-corrected chi connectivity index (χ1v) is 8.95. The largest absolute Gasteiger partial charge is 0.381 e. The molecule has 0 radical (unpaired) electrons. The first-order chi connectivity index (χ1) is 11.7. The van der Waals surface area contributed by atoms with Crippen molar-refractivity contribution >= 4 is 11.8 Å². The summed E-state index contributed by atoms with van der Waals surface area (Å²) >= 11 is 0. The molecule has 0 aliphatic carbocycles. The first kappa shape index (κ1) is 15.6. The van der Waals surface area contributed by atoms with Crippen LogP contribution in [0.3, 0.4) is 0 Å². The summed E-state index contributed by atoms with van der Waals surface area (Å²) in [5, 5.41) is 0. The van der Waals surface area contributed by atoms with E-state index in [2.05, 4.69) is 18.2 Å². The van der Waals surface area contributed by atoms with Crippen molar-refractivity contribution in [2.24, 2.45) is 5.92 Å². The van der Waals surface area contributed by atoms with Crippen LogP contribution in [0.5, 0.6) is 0 Å². The molecule has 2 fully saturated rings. The van der Waals surface area contributed by atoms with Gasteiger partial charge in [-0.05, 0) is 30.4 Å². The van der Waals surface area contributed by atoms with E-state index < -0.39 is 0 Å². The summed E-state index contributed by atoms with van der Waals surface area (Å²) in [6.45, 7) is 3.46. The summed E-state index contributed by atoms with van der Waals surface area (Å²) in [4.78, 5) is 29.2. The monoisotopic (exact) mass is 328 g/mol. The van der Waals surface area contributed by atoms with Gasteiger partial charge in [0.2, 0.25) is 11.8 Å². The van der Waals surface area contributed by atoms with Crippen LogP contribution >= 0.6 is 0 Å². The van der Waals surface area contributed by atoms with Gasteiger partial charge in [0.1, 0.15) is 0 Å². The molecule has 2 saturated heterocycles. The molecule has 0 aromatic heterocycles. The number of hydrogen-bond acceptors (Lipinski definition) is 3. The molecule has 0 bridgehead atoms. The molecule has 0 saturated carbocycles. The highest BCUT2D eigenvalue weighted by Crippen LogP contribution is 2.28. The van der Waals surface area contributed by atoms with Crippen molar-refractivity contribution in [3.05, 3.63) is 35.4 Å². The van der Waals surface area contributed by atoms with Gasteiger partial charge in [-0.25, -0.2) is 0 Å². The normalized spacial score (nSPS) is 25.0. The molecule has 1 unspecified atom stereocenters. The third-order valence-electron chi connectivity index (χ3n) is 5.58. The standard InChI is InChI=1S/C19H24N2O3/c22-18-11-16(13-21(18)17-6-9-24-10-7-17)19(23)20-8-5-14-3-1-2-4-15(14)12-20/h1-4,16-17H,5-13H2. The van der Waals surface area contributed by atoms with E-state index in [-0.39, 0.29) is 23.8 Å². The minimum Gasteiger partial charge on any atom is -0.381 e. The van der Waals surface area contributed by atoms with Crippen LogP contribution in [0.2, 0.25) is 0 Å². The molecule has 2 amide bonds. The van der Waals surface area contributed by atoms with Crippen molar-refractivity contribution in [3.8, 4) is 0 Å². The minimum absolute atomic E-state index is 0.137. The average molecular weight is 328 g/mol. The number of carbonyl (C=O) groups excluding carboxylic acids is 2. The summed E-state index contributed by atoms with van der Waals surface area (Å²) in [5.74, 6) is 0.107. The average Bonchev–Trinajstić information content (AvgIpc) is 3.03. The van der Waals surface area contributed by atoms with Gasteiger partial charge in [-0.2, -0.15) is 0 Å². The Morgan fingerprint density at radius 2 is 1.88 bits per heavy atom. The molecular formula is C19H24N2O3. The lowest BCUT2D eigenvalue weighted by Gasteiger charge is -2.32. The molecule has 128 valence electrons. The highest BCUT2D eigenvalue weighted by atomic mass is 16.5. The Hall–Kier alpha value is -1.88. The van der Waals surface area contributed by atoms with Crippen molar-refractivity contribution in [1.82, 2.24) is 9.80 Å². The molecule has 0 spiro atoms. The van der Waals surface area contributed by atoms with Crippen molar-refractivity contribution in [3.63, 3.8) is 0 Å². The van der Waals surface area contributed by atoms with Crippen LogP contribution in [0.4, 0.5) is 0 Å². The highest BCUT2D eigenvalue weighted by molar-refractivity contribution is 5.89. The van der Waals surface area contributed by atoms with E-state index in [1.807, 2.05) is 15.9 Å². The third kappa shape index (κ3) is 2.93. The molecular weight excluding hydrogens is 304 g/mol. The van der Waals surface area contributed by atoms with Crippen LogP contribution in [0.15, 0.2) is 24.3 Å². The lowest BCUT2D eigenvalue weighted by Crippen LogP contribution is -2.43. The van der Waals surface area contributed by atoms with Gasteiger partial charge in [-0.3, -0.25) is 9.59 Å². The summed E-state index contributed by atoms with van der Waals surface area (Å²) < 4.78 is 5.38. The van der Waals surface area contributed by atoms with Gasteiger partial charge < -0.3 is 14.5 Å². The first-order valence-electron chi connectivity index (χ1n) is 8.95. The van der Waals surface area contributed by atoms with Crippen LogP contribution in [-0.4, -0.2) is 54.0 Å². The fraction of sp³-hybridized carbons (Fsp3) is 0.579. The van der Waals surface area contributed by atoms with Crippen LogP contribution in [-0.2, 0) is 27.3 Å². The molecule has 24 heavy (non-hydrogen) atoms. The molecule has 1 aromatic rings. The lowest BCUT2D eigenvalue weighted by atomic mass is 9.98. The van der Waals surface area contributed by atoms with E-state index in [1.54, 1.807) is 0 Å². The Balaban J connectivity index is 1.41. The van der Waals surface area contributed by atoms with E-state index in [9.17, 15) is 9.59 Å². The van der Waals surface area contributed by atoms with Gasteiger partial charge in [0.15, 0.2) is 0 Å². The molecule has 5 heteroatoms. The predicted molar refractivity (Wildman–Crippen MR) is 89.2 cm³/mol. The number of hydrogen-bond donors (Lipinski definition) is 0. The summed E-state index contributed by atoms with van der Waals surface area (Å²) in [7, 11) is 0. The molecule has 1 atom stereocenters. The van der Waals surface area contributed by atoms with Crippen LogP contribution in [0.25, 0.3) is 0 Å². The Morgan fingerprint density at radius 3 is 2.67 bits per heavy atom. The maximum atomic E-state index is 12.9. The van der Waals surface area contributed by atoms with Gasteiger partial charge in [0, 0.05) is 45.3 Å². The summed E-state index contributed by atoms with van der Waals surface area (Å²) in [6, 6.07) is 8.58. The SMILES string of the molecule is O=C(C1CC(=O)N(C2CCOCC2)C1)N1CCc2ccccc2C1. The number of fused-ring (bicyclic) bond motifs is 1. The number of nitrogens with zero attached hydrogens (tertiary/aromatic N) is 2. The van der Waals surface area contributed by atoms with Crippen molar-refractivity contribution in [1.29, 1.82) is 0 Å². The fourth-order valence-electron chi connectivity index (χ4n) is 4.19. The zero-order valence-corrected chi connectivity index (χ0v) is 13.9. The number of rotatable bonds is 2. The molecule has 5 nitrogen and oxygen atoms in total. The molecule has 0 N–H and O–H groups in total. The van der Waals surface area contributed by atoms with Gasteiger partial charge >= 0.3 is 0 Å². The number of likely N-dealkylation sites (tertiary alicyclic amines) is 1. The summed E-state index contributed by atoms with van der Waals surface area (Å²) in [6.07, 6.45) is 3.06. The summed E-state index contributed by atoms with van der Waals surface area (Å²) in [5.41, 5.74) is 2.58. The van der Waals surface area contributed by atoms with Crippen LogP contribution in [0, 0.1) is 5.92 Å². The smallest absolute Gasteiger partial charge is 0.228 e. The number of carbonyl (C=O) groups is 2. The minimum atomic E-state index is -0.175. The van der Waals surface area contributed by atoms with Crippen LogP contribution < -0.4 is 0 Å². The third-order valence-corrected chi connectivity index (χ3v) is 5.58. The van der Waals surface area contributed by atoms with Gasteiger partial charge in [0.05, 0.1) is 5.92 Å². The molecule has 3 aliphatic rings.